The largest absolute Gasteiger partial charge is 0.469 e. The second-order valence-electron chi connectivity index (χ2n) is 4.96. The third kappa shape index (κ3) is 2.21. The molecule has 0 fully saturated rings. The highest BCUT2D eigenvalue weighted by atomic mass is 16.3. The molecule has 2 heterocycles. The summed E-state index contributed by atoms with van der Waals surface area (Å²) in [5, 5.41) is 11.6. The molecule has 0 saturated heterocycles. The topological polar surface area (TPSA) is 46.3 Å². The molecular formula is C17H17NO2. The van der Waals surface area contributed by atoms with Gasteiger partial charge in [0.15, 0.2) is 0 Å². The fraction of sp³-hybridized carbons (Fsp3) is 0.235. The highest BCUT2D eigenvalue weighted by Crippen LogP contribution is 2.28. The quantitative estimate of drug-likeness (QED) is 0.785. The molecule has 3 nitrogen and oxygen atoms in total. The summed E-state index contributed by atoms with van der Waals surface area (Å²) in [7, 11) is 0. The Morgan fingerprint density at radius 1 is 1.20 bits per heavy atom. The van der Waals surface area contributed by atoms with Crippen molar-refractivity contribution in [3.8, 4) is 0 Å². The monoisotopic (exact) mass is 267 g/mol. The Kier molecular flexibility index (Phi) is 3.28. The van der Waals surface area contributed by atoms with Crippen LogP contribution < -0.4 is 0 Å². The Morgan fingerprint density at radius 2 is 2.05 bits per heavy atom. The predicted molar refractivity (Wildman–Crippen MR) is 78.6 cm³/mol. The SMILES string of the molecule is CCc1occc1C(O)c1ccc2nc(C)ccc2c1. The highest BCUT2D eigenvalue weighted by molar-refractivity contribution is 5.79. The van der Waals surface area contributed by atoms with Crippen molar-refractivity contribution >= 4 is 10.9 Å². The second-order valence-corrected chi connectivity index (χ2v) is 4.96. The van der Waals surface area contributed by atoms with Crippen LogP contribution in [0.25, 0.3) is 10.9 Å². The van der Waals surface area contributed by atoms with E-state index in [0.29, 0.717) is 0 Å². The van der Waals surface area contributed by atoms with Gasteiger partial charge in [0.25, 0.3) is 0 Å². The number of hydrogen-bond acceptors (Lipinski definition) is 3. The first-order valence-electron chi connectivity index (χ1n) is 6.80. The third-order valence-corrected chi connectivity index (χ3v) is 3.56. The van der Waals surface area contributed by atoms with Crippen LogP contribution in [-0.4, -0.2) is 10.1 Å². The van der Waals surface area contributed by atoms with E-state index >= 15 is 0 Å². The molecule has 0 saturated carbocycles. The van der Waals surface area contributed by atoms with Crippen LogP contribution in [-0.2, 0) is 6.42 Å². The van der Waals surface area contributed by atoms with Gasteiger partial charge >= 0.3 is 0 Å². The van der Waals surface area contributed by atoms with Crippen molar-refractivity contribution < 1.29 is 9.52 Å². The van der Waals surface area contributed by atoms with E-state index in [4.69, 9.17) is 4.42 Å². The lowest BCUT2D eigenvalue weighted by atomic mass is 9.99. The van der Waals surface area contributed by atoms with Gasteiger partial charge in [0.1, 0.15) is 11.9 Å². The average Bonchev–Trinajstić information content (AvgIpc) is 2.94. The van der Waals surface area contributed by atoms with Gasteiger partial charge in [0.05, 0.1) is 11.8 Å². The zero-order chi connectivity index (χ0) is 14.1. The summed E-state index contributed by atoms with van der Waals surface area (Å²) >= 11 is 0. The number of aryl methyl sites for hydroxylation is 2. The van der Waals surface area contributed by atoms with E-state index in [1.807, 2.05) is 50.2 Å². The van der Waals surface area contributed by atoms with E-state index in [2.05, 4.69) is 4.98 Å². The van der Waals surface area contributed by atoms with Crippen molar-refractivity contribution in [3.05, 3.63) is 65.2 Å². The van der Waals surface area contributed by atoms with Crippen LogP contribution in [0, 0.1) is 6.92 Å². The van der Waals surface area contributed by atoms with Gasteiger partial charge in [-0.25, -0.2) is 0 Å². The van der Waals surface area contributed by atoms with Crippen molar-refractivity contribution in [2.45, 2.75) is 26.4 Å². The standard InChI is InChI=1S/C17H17NO2/c1-3-16-14(8-9-20-16)17(19)13-6-7-15-12(10-13)5-4-11(2)18-15/h4-10,17,19H,3H2,1-2H3. The van der Waals surface area contributed by atoms with Crippen molar-refractivity contribution in [1.29, 1.82) is 0 Å². The molecule has 1 unspecified atom stereocenters. The lowest BCUT2D eigenvalue weighted by Crippen LogP contribution is -2.01. The molecule has 2 aromatic heterocycles. The van der Waals surface area contributed by atoms with Crippen LogP contribution in [0.4, 0.5) is 0 Å². The fourth-order valence-corrected chi connectivity index (χ4v) is 2.48. The predicted octanol–water partition coefficient (Wildman–Crippen LogP) is 3.78. The lowest BCUT2D eigenvalue weighted by Gasteiger charge is -2.12. The number of fused-ring (bicyclic) bond motifs is 1. The molecule has 0 aliphatic carbocycles. The van der Waals surface area contributed by atoms with Gasteiger partial charge in [0, 0.05) is 23.1 Å². The van der Waals surface area contributed by atoms with Crippen molar-refractivity contribution in [1.82, 2.24) is 4.98 Å². The summed E-state index contributed by atoms with van der Waals surface area (Å²) in [5.74, 6) is 0.833. The van der Waals surface area contributed by atoms with E-state index in [9.17, 15) is 5.11 Å². The molecule has 1 atom stereocenters. The minimum atomic E-state index is -0.658. The van der Waals surface area contributed by atoms with Gasteiger partial charge in [-0.1, -0.05) is 19.1 Å². The average molecular weight is 267 g/mol. The zero-order valence-corrected chi connectivity index (χ0v) is 11.6. The first-order valence-corrected chi connectivity index (χ1v) is 6.80. The molecule has 0 bridgehead atoms. The third-order valence-electron chi connectivity index (χ3n) is 3.56. The first-order chi connectivity index (χ1) is 9.69. The summed E-state index contributed by atoms with van der Waals surface area (Å²) in [6, 6.07) is 11.7. The molecule has 0 radical (unpaired) electrons. The van der Waals surface area contributed by atoms with Crippen LogP contribution in [0.5, 0.6) is 0 Å². The molecule has 1 aromatic carbocycles. The molecule has 20 heavy (non-hydrogen) atoms. The van der Waals surface area contributed by atoms with Crippen molar-refractivity contribution in [2.75, 3.05) is 0 Å². The number of nitrogens with zero attached hydrogens (tertiary/aromatic N) is 1. The smallest absolute Gasteiger partial charge is 0.109 e. The molecule has 0 aliphatic heterocycles. The van der Waals surface area contributed by atoms with E-state index in [1.54, 1.807) is 6.26 Å². The normalized spacial score (nSPS) is 12.8. The Bertz CT molecular complexity index is 746. The Labute approximate surface area is 117 Å². The number of furan rings is 1. The fourth-order valence-electron chi connectivity index (χ4n) is 2.48. The number of aromatic nitrogens is 1. The zero-order valence-electron chi connectivity index (χ0n) is 11.6. The summed E-state index contributed by atoms with van der Waals surface area (Å²) < 4.78 is 5.39. The Morgan fingerprint density at radius 3 is 2.85 bits per heavy atom. The Balaban J connectivity index is 2.03. The van der Waals surface area contributed by atoms with E-state index in [0.717, 1.165) is 39.9 Å². The number of aliphatic hydroxyl groups is 1. The van der Waals surface area contributed by atoms with Crippen LogP contribution in [0.2, 0.25) is 0 Å². The molecular weight excluding hydrogens is 250 g/mol. The van der Waals surface area contributed by atoms with E-state index in [1.165, 1.54) is 0 Å². The molecule has 3 heteroatoms. The van der Waals surface area contributed by atoms with Crippen molar-refractivity contribution in [3.63, 3.8) is 0 Å². The number of pyridine rings is 1. The summed E-state index contributed by atoms with van der Waals surface area (Å²) in [6.07, 6.45) is 1.74. The van der Waals surface area contributed by atoms with Gasteiger partial charge in [0.2, 0.25) is 0 Å². The van der Waals surface area contributed by atoms with E-state index < -0.39 is 6.10 Å². The van der Waals surface area contributed by atoms with Crippen LogP contribution >= 0.6 is 0 Å². The van der Waals surface area contributed by atoms with Gasteiger partial charge < -0.3 is 9.52 Å². The second kappa shape index (κ2) is 5.10. The molecule has 0 spiro atoms. The summed E-state index contributed by atoms with van der Waals surface area (Å²) in [4.78, 5) is 4.47. The van der Waals surface area contributed by atoms with E-state index in [-0.39, 0.29) is 0 Å². The van der Waals surface area contributed by atoms with Gasteiger partial charge in [-0.05, 0) is 36.8 Å². The first kappa shape index (κ1) is 12.9. The maximum Gasteiger partial charge on any atom is 0.109 e. The van der Waals surface area contributed by atoms with Gasteiger partial charge in [-0.3, -0.25) is 4.98 Å². The lowest BCUT2D eigenvalue weighted by molar-refractivity contribution is 0.217. The van der Waals surface area contributed by atoms with Gasteiger partial charge in [-0.15, -0.1) is 0 Å². The molecule has 3 aromatic rings. The Hall–Kier alpha value is -2.13. The number of benzene rings is 1. The molecule has 102 valence electrons. The number of rotatable bonds is 3. The highest BCUT2D eigenvalue weighted by Gasteiger charge is 2.16. The maximum atomic E-state index is 10.5. The number of hydrogen-bond donors (Lipinski definition) is 1. The maximum absolute atomic E-state index is 10.5. The van der Waals surface area contributed by atoms with Crippen LogP contribution in [0.15, 0.2) is 47.1 Å². The molecule has 0 aliphatic rings. The minimum absolute atomic E-state index is 0.658. The minimum Gasteiger partial charge on any atom is -0.469 e. The van der Waals surface area contributed by atoms with Crippen molar-refractivity contribution in [2.24, 2.45) is 0 Å². The molecule has 3 rings (SSSR count). The summed E-state index contributed by atoms with van der Waals surface area (Å²) in [5.41, 5.74) is 3.64. The van der Waals surface area contributed by atoms with Crippen LogP contribution in [0.1, 0.15) is 35.6 Å². The van der Waals surface area contributed by atoms with Gasteiger partial charge in [-0.2, -0.15) is 0 Å². The summed E-state index contributed by atoms with van der Waals surface area (Å²) in [6.45, 7) is 3.99. The van der Waals surface area contributed by atoms with Crippen LogP contribution in [0.3, 0.4) is 0 Å². The molecule has 1 N–H and O–H groups in total. The number of aliphatic hydroxyl groups excluding tert-OH is 1. The molecule has 0 amide bonds.